The average molecular weight is 267 g/mol. The Labute approximate surface area is 115 Å². The van der Waals surface area contributed by atoms with Crippen molar-refractivity contribution in [3.8, 4) is 0 Å². The molecule has 1 unspecified atom stereocenters. The van der Waals surface area contributed by atoms with Gasteiger partial charge < -0.3 is 10.0 Å². The molecular formula is C15H25NO3. The van der Waals surface area contributed by atoms with Gasteiger partial charge in [0.2, 0.25) is 5.91 Å². The second kappa shape index (κ2) is 5.93. The molecule has 19 heavy (non-hydrogen) atoms. The Hall–Kier alpha value is -1.06. The Morgan fingerprint density at radius 1 is 1.21 bits per heavy atom. The number of hydrogen-bond acceptors (Lipinski definition) is 2. The van der Waals surface area contributed by atoms with Gasteiger partial charge in [0.05, 0.1) is 5.41 Å². The Kier molecular flexibility index (Phi) is 4.48. The van der Waals surface area contributed by atoms with Gasteiger partial charge in [-0.25, -0.2) is 0 Å². The summed E-state index contributed by atoms with van der Waals surface area (Å²) in [5.41, 5.74) is -0.694. The number of aliphatic carboxylic acids is 1. The number of carboxylic acids is 1. The van der Waals surface area contributed by atoms with E-state index in [1.54, 1.807) is 0 Å². The number of amides is 1. The van der Waals surface area contributed by atoms with Crippen molar-refractivity contribution in [2.45, 2.75) is 58.3 Å². The second-order valence-corrected chi connectivity index (χ2v) is 6.14. The SMILES string of the molecule is CCC1(C(=O)O)CCN(C(=O)C2CCCCCC2)C1. The minimum atomic E-state index is -0.744. The van der Waals surface area contributed by atoms with E-state index in [4.69, 9.17) is 0 Å². The quantitative estimate of drug-likeness (QED) is 0.800. The van der Waals surface area contributed by atoms with Crippen molar-refractivity contribution in [3.63, 3.8) is 0 Å². The molecule has 0 aromatic carbocycles. The van der Waals surface area contributed by atoms with Gasteiger partial charge in [-0.1, -0.05) is 32.6 Å². The van der Waals surface area contributed by atoms with E-state index in [1.807, 2.05) is 11.8 Å². The first kappa shape index (κ1) is 14.4. The topological polar surface area (TPSA) is 57.6 Å². The van der Waals surface area contributed by atoms with E-state index >= 15 is 0 Å². The van der Waals surface area contributed by atoms with Gasteiger partial charge in [0.15, 0.2) is 0 Å². The summed E-state index contributed by atoms with van der Waals surface area (Å²) >= 11 is 0. The number of likely N-dealkylation sites (tertiary alicyclic amines) is 1. The highest BCUT2D eigenvalue weighted by Gasteiger charge is 2.45. The van der Waals surface area contributed by atoms with Crippen molar-refractivity contribution in [2.24, 2.45) is 11.3 Å². The summed E-state index contributed by atoms with van der Waals surface area (Å²) in [4.78, 5) is 25.7. The first-order valence-electron chi connectivity index (χ1n) is 7.61. The maximum Gasteiger partial charge on any atom is 0.311 e. The van der Waals surface area contributed by atoms with E-state index in [-0.39, 0.29) is 11.8 Å². The Morgan fingerprint density at radius 3 is 2.32 bits per heavy atom. The molecule has 4 heteroatoms. The average Bonchev–Trinajstić information content (AvgIpc) is 2.67. The van der Waals surface area contributed by atoms with Gasteiger partial charge in [0, 0.05) is 19.0 Å². The summed E-state index contributed by atoms with van der Waals surface area (Å²) in [6.07, 6.45) is 7.94. The van der Waals surface area contributed by atoms with Gasteiger partial charge in [0.25, 0.3) is 0 Å². The highest BCUT2D eigenvalue weighted by atomic mass is 16.4. The van der Waals surface area contributed by atoms with Crippen LogP contribution in [-0.2, 0) is 9.59 Å². The molecule has 0 bridgehead atoms. The van der Waals surface area contributed by atoms with E-state index in [9.17, 15) is 14.7 Å². The lowest BCUT2D eigenvalue weighted by atomic mass is 9.84. The van der Waals surface area contributed by atoms with Crippen LogP contribution < -0.4 is 0 Å². The zero-order valence-corrected chi connectivity index (χ0v) is 11.9. The summed E-state index contributed by atoms with van der Waals surface area (Å²) < 4.78 is 0. The second-order valence-electron chi connectivity index (χ2n) is 6.14. The highest BCUT2D eigenvalue weighted by molar-refractivity contribution is 5.82. The lowest BCUT2D eigenvalue weighted by molar-refractivity contribution is -0.149. The van der Waals surface area contributed by atoms with Crippen molar-refractivity contribution in [1.29, 1.82) is 0 Å². The standard InChI is InChI=1S/C15H25NO3/c1-2-15(14(18)19)9-10-16(11-15)13(17)12-7-5-3-4-6-8-12/h12H,2-11H2,1H3,(H,18,19). The van der Waals surface area contributed by atoms with Crippen LogP contribution in [0, 0.1) is 11.3 Å². The predicted octanol–water partition coefficient (Wildman–Crippen LogP) is 2.67. The van der Waals surface area contributed by atoms with Gasteiger partial charge in [-0.2, -0.15) is 0 Å². The third-order valence-corrected chi connectivity index (χ3v) is 5.00. The number of carbonyl (C=O) groups excluding carboxylic acids is 1. The van der Waals surface area contributed by atoms with Crippen LogP contribution in [0.5, 0.6) is 0 Å². The lowest BCUT2D eigenvalue weighted by Crippen LogP contribution is -2.39. The summed E-state index contributed by atoms with van der Waals surface area (Å²) in [6.45, 7) is 2.94. The largest absolute Gasteiger partial charge is 0.481 e. The van der Waals surface area contributed by atoms with Crippen LogP contribution in [0.4, 0.5) is 0 Å². The van der Waals surface area contributed by atoms with E-state index in [2.05, 4.69) is 0 Å². The molecule has 1 aliphatic heterocycles. The molecule has 1 atom stereocenters. The number of carboxylic acid groups (broad SMARTS) is 1. The molecule has 0 radical (unpaired) electrons. The monoisotopic (exact) mass is 267 g/mol. The van der Waals surface area contributed by atoms with Crippen LogP contribution in [0.25, 0.3) is 0 Å². The molecule has 2 rings (SSSR count). The Bertz CT molecular complexity index is 347. The van der Waals surface area contributed by atoms with Crippen molar-refractivity contribution in [1.82, 2.24) is 4.90 Å². The van der Waals surface area contributed by atoms with Crippen LogP contribution >= 0.6 is 0 Å². The van der Waals surface area contributed by atoms with E-state index in [0.29, 0.717) is 25.9 Å². The minimum Gasteiger partial charge on any atom is -0.481 e. The smallest absolute Gasteiger partial charge is 0.311 e. The lowest BCUT2D eigenvalue weighted by Gasteiger charge is -2.25. The van der Waals surface area contributed by atoms with Crippen molar-refractivity contribution in [2.75, 3.05) is 13.1 Å². The van der Waals surface area contributed by atoms with Crippen molar-refractivity contribution < 1.29 is 14.7 Å². The maximum absolute atomic E-state index is 12.5. The van der Waals surface area contributed by atoms with Crippen molar-refractivity contribution >= 4 is 11.9 Å². The van der Waals surface area contributed by atoms with Crippen LogP contribution in [0.2, 0.25) is 0 Å². The molecular weight excluding hydrogens is 242 g/mol. The van der Waals surface area contributed by atoms with E-state index in [1.165, 1.54) is 12.8 Å². The van der Waals surface area contributed by atoms with Gasteiger partial charge in [0.1, 0.15) is 0 Å². The number of nitrogens with zero attached hydrogens (tertiary/aromatic N) is 1. The fourth-order valence-electron chi connectivity index (χ4n) is 3.46. The van der Waals surface area contributed by atoms with Gasteiger partial charge in [-0.05, 0) is 25.7 Å². The number of hydrogen-bond donors (Lipinski definition) is 1. The molecule has 1 amide bonds. The van der Waals surface area contributed by atoms with Crippen molar-refractivity contribution in [3.05, 3.63) is 0 Å². The van der Waals surface area contributed by atoms with E-state index in [0.717, 1.165) is 25.7 Å². The third kappa shape index (κ3) is 2.93. The number of carbonyl (C=O) groups is 2. The molecule has 1 heterocycles. The fraction of sp³-hybridized carbons (Fsp3) is 0.867. The fourth-order valence-corrected chi connectivity index (χ4v) is 3.46. The molecule has 0 spiro atoms. The minimum absolute atomic E-state index is 0.143. The van der Waals surface area contributed by atoms with Gasteiger partial charge >= 0.3 is 5.97 Å². The predicted molar refractivity (Wildman–Crippen MR) is 72.7 cm³/mol. The Balaban J connectivity index is 1.99. The first-order chi connectivity index (χ1) is 9.09. The summed E-state index contributed by atoms with van der Waals surface area (Å²) in [5, 5.41) is 9.38. The third-order valence-electron chi connectivity index (χ3n) is 5.00. The van der Waals surface area contributed by atoms with Crippen LogP contribution in [0.3, 0.4) is 0 Å². The zero-order valence-electron chi connectivity index (χ0n) is 11.9. The molecule has 0 aromatic rings. The summed E-state index contributed by atoms with van der Waals surface area (Å²) in [5.74, 6) is -0.395. The molecule has 4 nitrogen and oxygen atoms in total. The van der Waals surface area contributed by atoms with Crippen LogP contribution in [-0.4, -0.2) is 35.0 Å². The highest BCUT2D eigenvalue weighted by Crippen LogP contribution is 2.36. The number of rotatable bonds is 3. The molecule has 1 aliphatic carbocycles. The van der Waals surface area contributed by atoms with Crippen LogP contribution in [0.1, 0.15) is 58.3 Å². The zero-order chi connectivity index (χ0) is 13.9. The Morgan fingerprint density at radius 2 is 1.84 bits per heavy atom. The molecule has 0 aromatic heterocycles. The van der Waals surface area contributed by atoms with Gasteiger partial charge in [-0.15, -0.1) is 0 Å². The molecule has 108 valence electrons. The molecule has 1 N–H and O–H groups in total. The summed E-state index contributed by atoms with van der Waals surface area (Å²) in [6, 6.07) is 0. The molecule has 2 aliphatic rings. The van der Waals surface area contributed by atoms with E-state index < -0.39 is 11.4 Å². The molecule has 2 fully saturated rings. The molecule has 1 saturated heterocycles. The maximum atomic E-state index is 12.5. The van der Waals surface area contributed by atoms with Crippen LogP contribution in [0.15, 0.2) is 0 Å². The normalized spacial score (nSPS) is 29.2. The molecule has 1 saturated carbocycles. The summed E-state index contributed by atoms with van der Waals surface area (Å²) in [7, 11) is 0. The van der Waals surface area contributed by atoms with Gasteiger partial charge in [-0.3, -0.25) is 9.59 Å². The first-order valence-corrected chi connectivity index (χ1v) is 7.61.